The molecule has 0 aliphatic carbocycles. The van der Waals surface area contributed by atoms with Crippen LogP contribution in [0.3, 0.4) is 0 Å². The van der Waals surface area contributed by atoms with Crippen LogP contribution in [0, 0.1) is 0 Å². The number of hydrogen-bond acceptors (Lipinski definition) is 4. The van der Waals surface area contributed by atoms with Crippen molar-refractivity contribution in [2.45, 2.75) is 45.8 Å². The zero-order valence-corrected chi connectivity index (χ0v) is 11.8. The summed E-state index contributed by atoms with van der Waals surface area (Å²) in [7, 11) is 1.69. The predicted molar refractivity (Wildman–Crippen MR) is 70.5 cm³/mol. The van der Waals surface area contributed by atoms with Gasteiger partial charge in [-0.3, -0.25) is 0 Å². The topological polar surface area (TPSA) is 39.7 Å². The van der Waals surface area contributed by atoms with Crippen LogP contribution >= 0.6 is 0 Å². The molecular formula is C13H29NO3. The maximum atomic E-state index is 5.64. The number of hydrogen-bond donors (Lipinski definition) is 1. The van der Waals surface area contributed by atoms with Crippen molar-refractivity contribution in [3.05, 3.63) is 0 Å². The number of nitrogens with one attached hydrogen (secondary N) is 1. The van der Waals surface area contributed by atoms with Crippen LogP contribution in [0.15, 0.2) is 0 Å². The minimum Gasteiger partial charge on any atom is -0.382 e. The van der Waals surface area contributed by atoms with Crippen LogP contribution in [0.4, 0.5) is 0 Å². The zero-order chi connectivity index (χ0) is 12.9. The third kappa shape index (κ3) is 12.1. The first-order valence-electron chi connectivity index (χ1n) is 6.62. The molecule has 0 aliphatic heterocycles. The Hall–Kier alpha value is -0.160. The fourth-order valence-corrected chi connectivity index (χ4v) is 1.37. The molecule has 0 saturated heterocycles. The second-order valence-electron chi connectivity index (χ2n) is 4.43. The van der Waals surface area contributed by atoms with E-state index in [0.29, 0.717) is 19.3 Å². The Morgan fingerprint density at radius 3 is 2.47 bits per heavy atom. The second-order valence-corrected chi connectivity index (χ2v) is 4.43. The highest BCUT2D eigenvalue weighted by atomic mass is 16.5. The lowest BCUT2D eigenvalue weighted by atomic mass is 10.2. The van der Waals surface area contributed by atoms with Crippen LogP contribution in [0.2, 0.25) is 0 Å². The van der Waals surface area contributed by atoms with Crippen LogP contribution in [0.5, 0.6) is 0 Å². The van der Waals surface area contributed by atoms with Crippen molar-refractivity contribution in [1.29, 1.82) is 0 Å². The van der Waals surface area contributed by atoms with E-state index in [-0.39, 0.29) is 6.10 Å². The molecule has 1 atom stereocenters. The van der Waals surface area contributed by atoms with Crippen molar-refractivity contribution in [3.8, 4) is 0 Å². The lowest BCUT2D eigenvalue weighted by Crippen LogP contribution is -2.36. The largest absolute Gasteiger partial charge is 0.382 e. The van der Waals surface area contributed by atoms with Crippen LogP contribution in [0.1, 0.15) is 33.6 Å². The van der Waals surface area contributed by atoms with Crippen LogP contribution in [-0.2, 0) is 14.2 Å². The average Bonchev–Trinajstić information content (AvgIpc) is 2.31. The summed E-state index contributed by atoms with van der Waals surface area (Å²) in [6.45, 7) is 10.2. The van der Waals surface area contributed by atoms with E-state index >= 15 is 0 Å². The van der Waals surface area contributed by atoms with E-state index in [1.807, 2.05) is 0 Å². The van der Waals surface area contributed by atoms with Gasteiger partial charge in [0.2, 0.25) is 0 Å². The Bertz CT molecular complexity index is 154. The van der Waals surface area contributed by atoms with Gasteiger partial charge in [-0.25, -0.2) is 0 Å². The third-order valence-corrected chi connectivity index (χ3v) is 2.36. The molecule has 0 aromatic heterocycles. The Morgan fingerprint density at radius 2 is 1.88 bits per heavy atom. The van der Waals surface area contributed by atoms with E-state index < -0.39 is 0 Å². The van der Waals surface area contributed by atoms with Gasteiger partial charge in [-0.2, -0.15) is 0 Å². The minimum absolute atomic E-state index is 0.287. The van der Waals surface area contributed by atoms with Gasteiger partial charge in [-0.15, -0.1) is 0 Å². The molecule has 0 heterocycles. The second kappa shape index (κ2) is 12.3. The molecule has 0 aromatic carbocycles. The predicted octanol–water partition coefficient (Wildman–Crippen LogP) is 1.83. The molecular weight excluding hydrogens is 218 g/mol. The van der Waals surface area contributed by atoms with E-state index in [1.165, 1.54) is 0 Å². The van der Waals surface area contributed by atoms with E-state index in [1.54, 1.807) is 7.11 Å². The van der Waals surface area contributed by atoms with E-state index in [4.69, 9.17) is 14.2 Å². The molecule has 0 fully saturated rings. The summed E-state index contributed by atoms with van der Waals surface area (Å²) in [5.41, 5.74) is 0. The van der Waals surface area contributed by atoms with Crippen molar-refractivity contribution in [2.75, 3.05) is 40.1 Å². The molecule has 1 N–H and O–H groups in total. The Morgan fingerprint density at radius 1 is 1.12 bits per heavy atom. The molecule has 0 aromatic rings. The number of ether oxygens (including phenoxy) is 3. The molecule has 0 spiro atoms. The first-order valence-corrected chi connectivity index (χ1v) is 6.62. The highest BCUT2D eigenvalue weighted by Crippen LogP contribution is 1.98. The number of rotatable bonds is 12. The first kappa shape index (κ1) is 16.8. The quantitative estimate of drug-likeness (QED) is 0.534. The maximum Gasteiger partial charge on any atom is 0.0700 e. The van der Waals surface area contributed by atoms with Gasteiger partial charge in [0, 0.05) is 19.8 Å². The Kier molecular flexibility index (Phi) is 12.2. The molecule has 4 nitrogen and oxygen atoms in total. The van der Waals surface area contributed by atoms with Gasteiger partial charge in [0.25, 0.3) is 0 Å². The van der Waals surface area contributed by atoms with Crippen molar-refractivity contribution in [2.24, 2.45) is 0 Å². The fourth-order valence-electron chi connectivity index (χ4n) is 1.37. The normalized spacial score (nSPS) is 13.2. The molecule has 17 heavy (non-hydrogen) atoms. The molecule has 1 unspecified atom stereocenters. The lowest BCUT2D eigenvalue weighted by molar-refractivity contribution is 0.0384. The number of methoxy groups -OCH3 is 1. The summed E-state index contributed by atoms with van der Waals surface area (Å²) < 4.78 is 16.0. The summed E-state index contributed by atoms with van der Waals surface area (Å²) in [6, 6.07) is 0.389. The summed E-state index contributed by atoms with van der Waals surface area (Å²) in [5, 5.41) is 3.48. The van der Waals surface area contributed by atoms with Crippen LogP contribution < -0.4 is 5.32 Å². The average molecular weight is 247 g/mol. The van der Waals surface area contributed by atoms with E-state index in [0.717, 1.165) is 32.6 Å². The van der Waals surface area contributed by atoms with E-state index in [9.17, 15) is 0 Å². The molecule has 4 heteroatoms. The summed E-state index contributed by atoms with van der Waals surface area (Å²) in [4.78, 5) is 0. The van der Waals surface area contributed by atoms with Crippen LogP contribution in [0.25, 0.3) is 0 Å². The molecule has 104 valence electrons. The summed E-state index contributed by atoms with van der Waals surface area (Å²) >= 11 is 0. The molecule has 0 bridgehead atoms. The van der Waals surface area contributed by atoms with E-state index in [2.05, 4.69) is 26.1 Å². The van der Waals surface area contributed by atoms with Gasteiger partial charge >= 0.3 is 0 Å². The highest BCUT2D eigenvalue weighted by Gasteiger charge is 2.08. The van der Waals surface area contributed by atoms with Crippen molar-refractivity contribution < 1.29 is 14.2 Å². The SMILES string of the molecule is CCCNC(CCOCCOC)COC(C)C. The monoisotopic (exact) mass is 247 g/mol. The third-order valence-electron chi connectivity index (χ3n) is 2.36. The maximum absolute atomic E-state index is 5.64. The molecule has 0 amide bonds. The standard InChI is InChI=1S/C13H29NO3/c1-5-7-14-13(11-17-12(2)3)6-8-16-10-9-15-4/h12-14H,5-11H2,1-4H3. The van der Waals surface area contributed by atoms with Gasteiger partial charge in [-0.05, 0) is 33.2 Å². The lowest BCUT2D eigenvalue weighted by Gasteiger charge is -2.20. The minimum atomic E-state index is 0.287. The van der Waals surface area contributed by atoms with Crippen molar-refractivity contribution in [1.82, 2.24) is 5.32 Å². The molecule has 0 aliphatic rings. The zero-order valence-electron chi connectivity index (χ0n) is 11.8. The Labute approximate surface area is 106 Å². The molecule has 0 radical (unpaired) electrons. The van der Waals surface area contributed by atoms with Crippen molar-refractivity contribution in [3.63, 3.8) is 0 Å². The van der Waals surface area contributed by atoms with Crippen molar-refractivity contribution >= 4 is 0 Å². The fraction of sp³-hybridized carbons (Fsp3) is 1.00. The Balaban J connectivity index is 3.61. The molecule has 0 saturated carbocycles. The molecule has 0 rings (SSSR count). The summed E-state index contributed by atoms with van der Waals surface area (Å²) in [5.74, 6) is 0. The van der Waals surface area contributed by atoms with Gasteiger partial charge in [0.1, 0.15) is 0 Å². The smallest absolute Gasteiger partial charge is 0.0700 e. The summed E-state index contributed by atoms with van der Waals surface area (Å²) in [6.07, 6.45) is 2.41. The van der Waals surface area contributed by atoms with Gasteiger partial charge in [-0.1, -0.05) is 6.92 Å². The van der Waals surface area contributed by atoms with Gasteiger partial charge < -0.3 is 19.5 Å². The van der Waals surface area contributed by atoms with Crippen LogP contribution in [-0.4, -0.2) is 52.2 Å². The van der Waals surface area contributed by atoms with Gasteiger partial charge in [0.05, 0.1) is 25.9 Å². The first-order chi connectivity index (χ1) is 8.20. The highest BCUT2D eigenvalue weighted by molar-refractivity contribution is 4.66. The van der Waals surface area contributed by atoms with Gasteiger partial charge in [0.15, 0.2) is 0 Å².